The van der Waals surface area contributed by atoms with E-state index < -0.39 is 0 Å². The second-order valence-electron chi connectivity index (χ2n) is 4.96. The van der Waals surface area contributed by atoms with Gasteiger partial charge in [-0.15, -0.1) is 0 Å². The van der Waals surface area contributed by atoms with Crippen molar-refractivity contribution in [1.29, 1.82) is 0 Å². The predicted octanol–water partition coefficient (Wildman–Crippen LogP) is 5.10. The molecule has 2 aromatic rings. The zero-order valence-corrected chi connectivity index (χ0v) is 13.6. The first-order valence-corrected chi connectivity index (χ1v) is 7.38. The molecule has 0 bridgehead atoms. The molecule has 2 nitrogen and oxygen atoms in total. The summed E-state index contributed by atoms with van der Waals surface area (Å²) >= 11 is 2.23. The Balaban J connectivity index is 2.26. The number of rotatable bonds is 3. The highest BCUT2D eigenvalue weighted by atomic mass is 127. The average molecular weight is 367 g/mol. The number of benzene rings is 2. The molecule has 2 aromatic carbocycles. The molecule has 0 heterocycles. The maximum Gasteiger partial charge on any atom is 0.150 e. The summed E-state index contributed by atoms with van der Waals surface area (Å²) in [6.45, 7) is 6.50. The Morgan fingerprint density at radius 1 is 1.11 bits per heavy atom. The van der Waals surface area contributed by atoms with Crippen LogP contribution in [0.5, 0.6) is 11.5 Å². The number of nitrogens with two attached hydrogens (primary N) is 1. The van der Waals surface area contributed by atoms with Crippen LogP contribution < -0.4 is 10.5 Å². The van der Waals surface area contributed by atoms with Crippen LogP contribution in [-0.4, -0.2) is 0 Å². The van der Waals surface area contributed by atoms with Crippen molar-refractivity contribution in [2.75, 3.05) is 5.73 Å². The fourth-order valence-electron chi connectivity index (χ4n) is 2.10. The Morgan fingerprint density at radius 3 is 2.42 bits per heavy atom. The van der Waals surface area contributed by atoms with E-state index >= 15 is 0 Å². The van der Waals surface area contributed by atoms with Crippen molar-refractivity contribution in [2.45, 2.75) is 26.7 Å². The summed E-state index contributed by atoms with van der Waals surface area (Å²) in [4.78, 5) is 0. The number of halogens is 1. The monoisotopic (exact) mass is 367 g/mol. The summed E-state index contributed by atoms with van der Waals surface area (Å²) in [6.07, 6.45) is 0. The van der Waals surface area contributed by atoms with Gasteiger partial charge in [0.2, 0.25) is 0 Å². The van der Waals surface area contributed by atoms with Gasteiger partial charge in [-0.25, -0.2) is 0 Å². The van der Waals surface area contributed by atoms with Gasteiger partial charge < -0.3 is 10.5 Å². The minimum absolute atomic E-state index is 0.525. The Kier molecular flexibility index (Phi) is 4.34. The molecule has 2 N–H and O–H groups in total. The first-order chi connectivity index (χ1) is 8.97. The molecule has 0 fully saturated rings. The van der Waals surface area contributed by atoms with E-state index in [0.29, 0.717) is 17.4 Å². The molecule has 19 heavy (non-hydrogen) atoms. The number of aryl methyl sites for hydroxylation is 1. The van der Waals surface area contributed by atoms with Crippen LogP contribution in [0.3, 0.4) is 0 Å². The highest BCUT2D eigenvalue weighted by Gasteiger charge is 2.07. The Morgan fingerprint density at radius 2 is 1.84 bits per heavy atom. The van der Waals surface area contributed by atoms with E-state index in [-0.39, 0.29) is 0 Å². The maximum absolute atomic E-state index is 5.96. The Labute approximate surface area is 128 Å². The summed E-state index contributed by atoms with van der Waals surface area (Å²) in [7, 11) is 0. The number of hydrogen-bond acceptors (Lipinski definition) is 2. The lowest BCUT2D eigenvalue weighted by atomic mass is 9.98. The Hall–Kier alpha value is -1.23. The van der Waals surface area contributed by atoms with Crippen molar-refractivity contribution in [1.82, 2.24) is 0 Å². The summed E-state index contributed by atoms with van der Waals surface area (Å²) in [5, 5.41) is 0. The van der Waals surface area contributed by atoms with Crippen molar-refractivity contribution in [3.8, 4) is 11.5 Å². The smallest absolute Gasteiger partial charge is 0.150 e. The maximum atomic E-state index is 5.96. The van der Waals surface area contributed by atoms with Gasteiger partial charge in [0.25, 0.3) is 0 Å². The molecule has 0 atom stereocenters. The molecule has 3 heteroatoms. The quantitative estimate of drug-likeness (QED) is 0.605. The van der Waals surface area contributed by atoms with E-state index in [1.54, 1.807) is 0 Å². The van der Waals surface area contributed by atoms with Crippen molar-refractivity contribution in [2.24, 2.45) is 0 Å². The van der Waals surface area contributed by atoms with Gasteiger partial charge in [-0.05, 0) is 76.9 Å². The van der Waals surface area contributed by atoms with Gasteiger partial charge in [-0.1, -0.05) is 19.9 Å². The molecule has 0 saturated heterocycles. The highest BCUT2D eigenvalue weighted by molar-refractivity contribution is 14.1. The molecule has 0 saturated carbocycles. The summed E-state index contributed by atoms with van der Waals surface area (Å²) in [5.74, 6) is 2.06. The molecule has 0 amide bonds. The van der Waals surface area contributed by atoms with E-state index in [1.807, 2.05) is 24.3 Å². The fourth-order valence-corrected chi connectivity index (χ4v) is 2.61. The molecular weight excluding hydrogens is 349 g/mol. The van der Waals surface area contributed by atoms with Crippen molar-refractivity contribution in [3.63, 3.8) is 0 Å². The minimum atomic E-state index is 0.525. The number of ether oxygens (including phenoxy) is 1. The van der Waals surface area contributed by atoms with Gasteiger partial charge in [0.05, 0.1) is 5.69 Å². The third-order valence-electron chi connectivity index (χ3n) is 3.06. The molecule has 0 radical (unpaired) electrons. The first kappa shape index (κ1) is 14.2. The molecule has 2 rings (SSSR count). The van der Waals surface area contributed by atoms with Crippen molar-refractivity contribution in [3.05, 3.63) is 51.1 Å². The average Bonchev–Trinajstić information content (AvgIpc) is 2.32. The second kappa shape index (κ2) is 5.82. The van der Waals surface area contributed by atoms with Crippen LogP contribution >= 0.6 is 22.6 Å². The van der Waals surface area contributed by atoms with E-state index in [4.69, 9.17) is 10.5 Å². The van der Waals surface area contributed by atoms with Crippen LogP contribution in [0.2, 0.25) is 0 Å². The van der Waals surface area contributed by atoms with Crippen LogP contribution in [0.4, 0.5) is 5.69 Å². The van der Waals surface area contributed by atoms with Crippen LogP contribution in [0.15, 0.2) is 36.4 Å². The molecule has 0 aliphatic rings. The third kappa shape index (κ3) is 3.41. The molecule has 0 aromatic heterocycles. The predicted molar refractivity (Wildman–Crippen MR) is 88.9 cm³/mol. The third-order valence-corrected chi connectivity index (χ3v) is 3.73. The summed E-state index contributed by atoms with van der Waals surface area (Å²) < 4.78 is 6.96. The molecular formula is C16H18INO. The largest absolute Gasteiger partial charge is 0.455 e. The van der Waals surface area contributed by atoms with Gasteiger partial charge in [0, 0.05) is 3.57 Å². The molecule has 0 aliphatic heterocycles. The zero-order chi connectivity index (χ0) is 14.0. The van der Waals surface area contributed by atoms with E-state index in [2.05, 4.69) is 55.5 Å². The molecule has 0 aliphatic carbocycles. The molecule has 100 valence electrons. The Bertz CT molecular complexity index is 593. The molecule has 0 unspecified atom stereocenters. The molecule has 0 spiro atoms. The van der Waals surface area contributed by atoms with E-state index in [1.165, 1.54) is 11.1 Å². The minimum Gasteiger partial charge on any atom is -0.455 e. The fraction of sp³-hybridized carbons (Fsp3) is 0.250. The number of hydrogen-bond donors (Lipinski definition) is 1. The van der Waals surface area contributed by atoms with Gasteiger partial charge in [-0.3, -0.25) is 0 Å². The van der Waals surface area contributed by atoms with Gasteiger partial charge in [0.1, 0.15) is 11.5 Å². The van der Waals surface area contributed by atoms with Gasteiger partial charge in [0.15, 0.2) is 0 Å². The standard InChI is InChI=1S/C16H18INO/c1-10(2)14-6-5-13(8-11(14)3)19-16-7-4-12(17)9-15(16)18/h4-10H,18H2,1-3H3. The van der Waals surface area contributed by atoms with Crippen LogP contribution in [0.1, 0.15) is 30.9 Å². The first-order valence-electron chi connectivity index (χ1n) is 6.31. The van der Waals surface area contributed by atoms with Gasteiger partial charge >= 0.3 is 0 Å². The van der Waals surface area contributed by atoms with Crippen LogP contribution in [-0.2, 0) is 0 Å². The normalized spacial score (nSPS) is 10.8. The lowest BCUT2D eigenvalue weighted by molar-refractivity contribution is 0.484. The lowest BCUT2D eigenvalue weighted by Gasteiger charge is -2.13. The van der Waals surface area contributed by atoms with Crippen molar-refractivity contribution >= 4 is 28.3 Å². The van der Waals surface area contributed by atoms with E-state index in [0.717, 1.165) is 9.32 Å². The highest BCUT2D eigenvalue weighted by Crippen LogP contribution is 2.31. The van der Waals surface area contributed by atoms with Crippen LogP contribution in [0, 0.1) is 10.5 Å². The van der Waals surface area contributed by atoms with E-state index in [9.17, 15) is 0 Å². The number of anilines is 1. The van der Waals surface area contributed by atoms with Gasteiger partial charge in [-0.2, -0.15) is 0 Å². The summed E-state index contributed by atoms with van der Waals surface area (Å²) in [6, 6.07) is 12.0. The zero-order valence-electron chi connectivity index (χ0n) is 11.4. The SMILES string of the molecule is Cc1cc(Oc2ccc(I)cc2N)ccc1C(C)C. The number of nitrogen functional groups attached to an aromatic ring is 1. The van der Waals surface area contributed by atoms with Crippen molar-refractivity contribution < 1.29 is 4.74 Å². The lowest BCUT2D eigenvalue weighted by Crippen LogP contribution is -1.95. The second-order valence-corrected chi connectivity index (χ2v) is 6.20. The van der Waals surface area contributed by atoms with Crippen LogP contribution in [0.25, 0.3) is 0 Å². The topological polar surface area (TPSA) is 35.2 Å². The summed E-state index contributed by atoms with van der Waals surface area (Å²) in [5.41, 5.74) is 9.22.